The standard InChI is InChI=1S/C10H15F3O3/c1-2-15-9(14)4-3-7-5-8(6-7)16-10(11,12)13/h7-8H,2-6H2,1H3. The van der Waals surface area contributed by atoms with Crippen molar-refractivity contribution in [3.8, 4) is 0 Å². The third-order valence-corrected chi connectivity index (χ3v) is 2.55. The Balaban J connectivity index is 2.06. The fourth-order valence-corrected chi connectivity index (χ4v) is 1.75. The van der Waals surface area contributed by atoms with Gasteiger partial charge in [-0.15, -0.1) is 13.2 Å². The molecule has 0 radical (unpaired) electrons. The summed E-state index contributed by atoms with van der Waals surface area (Å²) in [6.45, 7) is 2.05. The number of rotatable bonds is 5. The van der Waals surface area contributed by atoms with E-state index < -0.39 is 12.5 Å². The van der Waals surface area contributed by atoms with Crippen molar-refractivity contribution < 1.29 is 27.4 Å². The van der Waals surface area contributed by atoms with Crippen molar-refractivity contribution in [3.05, 3.63) is 0 Å². The van der Waals surface area contributed by atoms with Gasteiger partial charge < -0.3 is 4.74 Å². The second-order valence-corrected chi connectivity index (χ2v) is 3.87. The lowest BCUT2D eigenvalue weighted by Gasteiger charge is -2.35. The molecule has 0 N–H and O–H groups in total. The minimum atomic E-state index is -4.54. The topological polar surface area (TPSA) is 35.5 Å². The Kier molecular flexibility index (Phi) is 4.58. The molecule has 0 saturated heterocycles. The average Bonchev–Trinajstić information content (AvgIpc) is 2.07. The molecule has 0 aliphatic heterocycles. The van der Waals surface area contributed by atoms with Crippen molar-refractivity contribution in [2.45, 2.75) is 45.1 Å². The van der Waals surface area contributed by atoms with E-state index in [0.717, 1.165) is 0 Å². The van der Waals surface area contributed by atoms with Crippen LogP contribution in [0, 0.1) is 5.92 Å². The lowest BCUT2D eigenvalue weighted by Crippen LogP contribution is -2.36. The predicted molar refractivity (Wildman–Crippen MR) is 49.5 cm³/mol. The summed E-state index contributed by atoms with van der Waals surface area (Å²) in [4.78, 5) is 11.0. The summed E-state index contributed by atoms with van der Waals surface area (Å²) in [5, 5.41) is 0. The number of ether oxygens (including phenoxy) is 2. The van der Waals surface area contributed by atoms with Gasteiger partial charge in [0.15, 0.2) is 0 Å². The first-order valence-electron chi connectivity index (χ1n) is 5.31. The number of esters is 1. The molecule has 1 aliphatic carbocycles. The molecule has 0 unspecified atom stereocenters. The van der Waals surface area contributed by atoms with E-state index in [4.69, 9.17) is 4.74 Å². The largest absolute Gasteiger partial charge is 0.522 e. The Hall–Kier alpha value is -0.780. The van der Waals surface area contributed by atoms with Crippen molar-refractivity contribution in [3.63, 3.8) is 0 Å². The maximum Gasteiger partial charge on any atom is 0.522 e. The van der Waals surface area contributed by atoms with Crippen LogP contribution in [-0.4, -0.2) is 25.0 Å². The van der Waals surface area contributed by atoms with Gasteiger partial charge in [-0.1, -0.05) is 0 Å². The van der Waals surface area contributed by atoms with Crippen molar-refractivity contribution in [1.82, 2.24) is 0 Å². The molecule has 0 aromatic carbocycles. The maximum absolute atomic E-state index is 11.8. The highest BCUT2D eigenvalue weighted by Gasteiger charge is 2.39. The van der Waals surface area contributed by atoms with E-state index in [9.17, 15) is 18.0 Å². The Morgan fingerprint density at radius 2 is 2.00 bits per heavy atom. The Morgan fingerprint density at radius 1 is 1.38 bits per heavy atom. The summed E-state index contributed by atoms with van der Waals surface area (Å²) in [5.41, 5.74) is 0. The lowest BCUT2D eigenvalue weighted by atomic mass is 9.79. The molecule has 0 spiro atoms. The van der Waals surface area contributed by atoms with E-state index in [2.05, 4.69) is 4.74 Å². The third-order valence-electron chi connectivity index (χ3n) is 2.55. The number of hydrogen-bond donors (Lipinski definition) is 0. The minimum Gasteiger partial charge on any atom is -0.466 e. The molecular weight excluding hydrogens is 225 g/mol. The Morgan fingerprint density at radius 3 is 2.50 bits per heavy atom. The van der Waals surface area contributed by atoms with Crippen LogP contribution in [0.1, 0.15) is 32.6 Å². The molecule has 0 atom stereocenters. The first-order valence-corrected chi connectivity index (χ1v) is 5.31. The van der Waals surface area contributed by atoms with Crippen molar-refractivity contribution in [1.29, 1.82) is 0 Å². The van der Waals surface area contributed by atoms with Gasteiger partial charge in [-0.3, -0.25) is 9.53 Å². The van der Waals surface area contributed by atoms with Crippen LogP contribution in [0.25, 0.3) is 0 Å². The van der Waals surface area contributed by atoms with E-state index in [-0.39, 0.29) is 18.3 Å². The smallest absolute Gasteiger partial charge is 0.466 e. The van der Waals surface area contributed by atoms with Crippen molar-refractivity contribution >= 4 is 5.97 Å². The van der Waals surface area contributed by atoms with Gasteiger partial charge in [-0.2, -0.15) is 0 Å². The zero-order chi connectivity index (χ0) is 12.2. The Bertz CT molecular complexity index is 234. The number of alkyl halides is 3. The summed E-state index contributed by atoms with van der Waals surface area (Å²) in [6, 6.07) is 0. The molecule has 0 heterocycles. The predicted octanol–water partition coefficient (Wildman–Crippen LogP) is 2.64. The molecule has 3 nitrogen and oxygen atoms in total. The van der Waals surface area contributed by atoms with Gasteiger partial charge in [0.05, 0.1) is 12.7 Å². The molecule has 94 valence electrons. The van der Waals surface area contributed by atoms with Crippen LogP contribution in [0.4, 0.5) is 13.2 Å². The van der Waals surface area contributed by atoms with Crippen LogP contribution in [-0.2, 0) is 14.3 Å². The normalized spacial score (nSPS) is 25.0. The summed E-state index contributed by atoms with van der Waals surface area (Å²) >= 11 is 0. The van der Waals surface area contributed by atoms with Crippen LogP contribution in [0.2, 0.25) is 0 Å². The van der Waals surface area contributed by atoms with Gasteiger partial charge in [-0.05, 0) is 32.1 Å². The molecule has 0 bridgehead atoms. The number of carbonyl (C=O) groups excluding carboxylic acids is 1. The molecule has 1 fully saturated rings. The fourth-order valence-electron chi connectivity index (χ4n) is 1.75. The first-order chi connectivity index (χ1) is 7.40. The summed E-state index contributed by atoms with van der Waals surface area (Å²) < 4.78 is 43.9. The third kappa shape index (κ3) is 4.83. The highest BCUT2D eigenvalue weighted by Crippen LogP contribution is 2.37. The van der Waals surface area contributed by atoms with Crippen LogP contribution in [0.15, 0.2) is 0 Å². The SMILES string of the molecule is CCOC(=O)CCC1CC(OC(F)(F)F)C1. The lowest BCUT2D eigenvalue weighted by molar-refractivity contribution is -0.354. The van der Waals surface area contributed by atoms with Crippen LogP contribution >= 0.6 is 0 Å². The van der Waals surface area contributed by atoms with E-state index in [1.165, 1.54) is 0 Å². The van der Waals surface area contributed by atoms with Crippen molar-refractivity contribution in [2.24, 2.45) is 5.92 Å². The maximum atomic E-state index is 11.8. The minimum absolute atomic E-state index is 0.150. The first kappa shape index (κ1) is 13.3. The Labute approximate surface area is 91.9 Å². The van der Waals surface area contributed by atoms with Crippen LogP contribution in [0.5, 0.6) is 0 Å². The van der Waals surface area contributed by atoms with E-state index in [1.807, 2.05) is 0 Å². The van der Waals surface area contributed by atoms with E-state index in [1.54, 1.807) is 6.92 Å². The summed E-state index contributed by atoms with van der Waals surface area (Å²) in [6.07, 6.45) is -3.67. The average molecular weight is 240 g/mol. The fraction of sp³-hybridized carbons (Fsp3) is 0.900. The summed E-state index contributed by atoms with van der Waals surface area (Å²) in [7, 11) is 0. The quantitative estimate of drug-likeness (QED) is 0.693. The molecule has 1 rings (SSSR count). The van der Waals surface area contributed by atoms with Gasteiger partial charge in [0.25, 0.3) is 0 Å². The molecule has 6 heteroatoms. The molecule has 0 aromatic heterocycles. The van der Waals surface area contributed by atoms with Gasteiger partial charge >= 0.3 is 12.3 Å². The molecular formula is C10H15F3O3. The molecule has 1 saturated carbocycles. The van der Waals surface area contributed by atoms with Crippen LogP contribution in [0.3, 0.4) is 0 Å². The van der Waals surface area contributed by atoms with E-state index >= 15 is 0 Å². The van der Waals surface area contributed by atoms with Gasteiger partial charge in [0.2, 0.25) is 0 Å². The zero-order valence-electron chi connectivity index (χ0n) is 9.05. The number of carbonyl (C=O) groups is 1. The van der Waals surface area contributed by atoms with Gasteiger partial charge in [0.1, 0.15) is 0 Å². The highest BCUT2D eigenvalue weighted by molar-refractivity contribution is 5.69. The second-order valence-electron chi connectivity index (χ2n) is 3.87. The molecule has 1 aliphatic rings. The number of hydrogen-bond acceptors (Lipinski definition) is 3. The summed E-state index contributed by atoms with van der Waals surface area (Å²) in [5.74, 6) is -0.139. The molecule has 0 aromatic rings. The van der Waals surface area contributed by atoms with E-state index in [0.29, 0.717) is 25.9 Å². The zero-order valence-corrected chi connectivity index (χ0v) is 9.05. The highest BCUT2D eigenvalue weighted by atomic mass is 19.4. The second kappa shape index (κ2) is 5.52. The monoisotopic (exact) mass is 240 g/mol. The number of halogens is 3. The molecule has 0 amide bonds. The van der Waals surface area contributed by atoms with Crippen molar-refractivity contribution in [2.75, 3.05) is 6.61 Å². The molecule has 16 heavy (non-hydrogen) atoms. The van der Waals surface area contributed by atoms with Gasteiger partial charge in [-0.25, -0.2) is 0 Å². The van der Waals surface area contributed by atoms with Gasteiger partial charge in [0, 0.05) is 6.42 Å². The van der Waals surface area contributed by atoms with Crippen LogP contribution < -0.4 is 0 Å².